The lowest BCUT2D eigenvalue weighted by Crippen LogP contribution is -2.02. The van der Waals surface area contributed by atoms with E-state index in [1.54, 1.807) is 17.7 Å². The molecular weight excluding hydrogens is 244 g/mol. The summed E-state index contributed by atoms with van der Waals surface area (Å²) in [5.74, 6) is 0.873. The molecule has 1 aromatic carbocycles. The summed E-state index contributed by atoms with van der Waals surface area (Å²) in [7, 11) is 0. The molecule has 2 heterocycles. The number of anilines is 2. The first-order valence-corrected chi connectivity index (χ1v) is 6.47. The Morgan fingerprint density at radius 1 is 1.22 bits per heavy atom. The summed E-state index contributed by atoms with van der Waals surface area (Å²) >= 11 is 1.64. The first kappa shape index (κ1) is 11.0. The van der Waals surface area contributed by atoms with Gasteiger partial charge in [0.15, 0.2) is 0 Å². The van der Waals surface area contributed by atoms with Crippen LogP contribution in [0.1, 0.15) is 5.56 Å². The van der Waals surface area contributed by atoms with Crippen LogP contribution >= 0.6 is 11.3 Å². The zero-order valence-electron chi connectivity index (χ0n) is 9.63. The van der Waals surface area contributed by atoms with Gasteiger partial charge in [0.05, 0.1) is 10.2 Å². The maximum absolute atomic E-state index is 5.75. The van der Waals surface area contributed by atoms with Gasteiger partial charge in [-0.15, -0.1) is 11.3 Å². The van der Waals surface area contributed by atoms with Gasteiger partial charge in [-0.25, -0.2) is 9.97 Å². The zero-order chi connectivity index (χ0) is 12.4. The van der Waals surface area contributed by atoms with Crippen molar-refractivity contribution in [2.75, 3.05) is 11.1 Å². The predicted molar refractivity (Wildman–Crippen MR) is 75.6 cm³/mol. The van der Waals surface area contributed by atoms with Crippen molar-refractivity contribution in [2.24, 2.45) is 0 Å². The molecule has 0 amide bonds. The van der Waals surface area contributed by atoms with Crippen molar-refractivity contribution in [1.82, 2.24) is 9.97 Å². The monoisotopic (exact) mass is 256 g/mol. The number of hydrogen-bond acceptors (Lipinski definition) is 5. The molecule has 90 valence electrons. The highest BCUT2D eigenvalue weighted by molar-refractivity contribution is 7.17. The van der Waals surface area contributed by atoms with Gasteiger partial charge >= 0.3 is 0 Å². The molecule has 3 aromatic rings. The van der Waals surface area contributed by atoms with Crippen molar-refractivity contribution in [1.29, 1.82) is 0 Å². The third kappa shape index (κ3) is 2.12. The van der Waals surface area contributed by atoms with Crippen LogP contribution in [-0.2, 0) is 6.54 Å². The Morgan fingerprint density at radius 2 is 2.17 bits per heavy atom. The Morgan fingerprint density at radius 3 is 3.06 bits per heavy atom. The van der Waals surface area contributed by atoms with E-state index in [2.05, 4.69) is 15.3 Å². The van der Waals surface area contributed by atoms with Gasteiger partial charge in [-0.05, 0) is 29.1 Å². The highest BCUT2D eigenvalue weighted by Gasteiger charge is 2.04. The van der Waals surface area contributed by atoms with E-state index in [0.29, 0.717) is 6.54 Å². The number of aromatic nitrogens is 2. The number of thiophene rings is 1. The molecule has 2 aromatic heterocycles. The van der Waals surface area contributed by atoms with Crippen molar-refractivity contribution in [3.8, 4) is 0 Å². The standard InChI is InChI=1S/C13H12N4S/c14-10-3-1-2-9(6-10)7-15-13-12-11(4-5-18-12)16-8-17-13/h1-6,8H,7,14H2,(H,15,16,17). The highest BCUT2D eigenvalue weighted by Crippen LogP contribution is 2.25. The summed E-state index contributed by atoms with van der Waals surface area (Å²) < 4.78 is 1.08. The van der Waals surface area contributed by atoms with Crippen LogP contribution in [0.4, 0.5) is 11.5 Å². The molecule has 0 saturated carbocycles. The minimum atomic E-state index is 0.703. The Labute approximate surface area is 109 Å². The van der Waals surface area contributed by atoms with Gasteiger partial charge in [0.1, 0.15) is 12.1 Å². The molecule has 0 fully saturated rings. The van der Waals surface area contributed by atoms with Gasteiger partial charge in [-0.1, -0.05) is 12.1 Å². The number of nitrogens with two attached hydrogens (primary N) is 1. The molecule has 3 rings (SSSR count). The van der Waals surface area contributed by atoms with Gasteiger partial charge in [0.2, 0.25) is 0 Å². The molecule has 4 nitrogen and oxygen atoms in total. The van der Waals surface area contributed by atoms with Crippen LogP contribution in [0.25, 0.3) is 10.2 Å². The van der Waals surface area contributed by atoms with Crippen LogP contribution in [0, 0.1) is 0 Å². The van der Waals surface area contributed by atoms with Crippen LogP contribution in [0.3, 0.4) is 0 Å². The average molecular weight is 256 g/mol. The average Bonchev–Trinajstić information content (AvgIpc) is 2.85. The molecule has 0 bridgehead atoms. The van der Waals surface area contributed by atoms with E-state index < -0.39 is 0 Å². The quantitative estimate of drug-likeness (QED) is 0.707. The number of nitrogen functional groups attached to an aromatic ring is 1. The van der Waals surface area contributed by atoms with E-state index in [1.165, 1.54) is 0 Å². The molecule has 0 aliphatic rings. The van der Waals surface area contributed by atoms with Crippen molar-refractivity contribution >= 4 is 33.1 Å². The maximum atomic E-state index is 5.75. The number of nitrogens with zero attached hydrogens (tertiary/aromatic N) is 2. The zero-order valence-corrected chi connectivity index (χ0v) is 10.4. The summed E-state index contributed by atoms with van der Waals surface area (Å²) in [6, 6.07) is 9.82. The lowest BCUT2D eigenvalue weighted by Gasteiger charge is -2.06. The Balaban J connectivity index is 1.83. The van der Waals surface area contributed by atoms with E-state index >= 15 is 0 Å². The van der Waals surface area contributed by atoms with E-state index in [-0.39, 0.29) is 0 Å². The smallest absolute Gasteiger partial charge is 0.147 e. The first-order chi connectivity index (χ1) is 8.83. The summed E-state index contributed by atoms with van der Waals surface area (Å²) in [4.78, 5) is 8.48. The number of benzene rings is 1. The summed E-state index contributed by atoms with van der Waals surface area (Å²) in [5, 5.41) is 5.34. The predicted octanol–water partition coefficient (Wildman–Crippen LogP) is 2.89. The number of nitrogens with one attached hydrogen (secondary N) is 1. The van der Waals surface area contributed by atoms with Crippen molar-refractivity contribution in [2.45, 2.75) is 6.54 Å². The van der Waals surface area contributed by atoms with Gasteiger partial charge in [0, 0.05) is 12.2 Å². The third-order valence-electron chi connectivity index (χ3n) is 2.65. The van der Waals surface area contributed by atoms with Crippen LogP contribution in [-0.4, -0.2) is 9.97 Å². The fourth-order valence-corrected chi connectivity index (χ4v) is 2.61. The van der Waals surface area contributed by atoms with Crippen molar-refractivity contribution in [3.05, 3.63) is 47.6 Å². The number of fused-ring (bicyclic) bond motifs is 1. The topological polar surface area (TPSA) is 63.8 Å². The molecule has 0 aliphatic carbocycles. The first-order valence-electron chi connectivity index (χ1n) is 5.59. The fourth-order valence-electron chi connectivity index (χ4n) is 1.80. The molecule has 3 N–H and O–H groups in total. The van der Waals surface area contributed by atoms with Crippen molar-refractivity contribution < 1.29 is 0 Å². The molecule has 0 atom stereocenters. The third-order valence-corrected chi connectivity index (χ3v) is 3.56. The number of hydrogen-bond donors (Lipinski definition) is 2. The molecule has 0 aliphatic heterocycles. The number of rotatable bonds is 3. The largest absolute Gasteiger partial charge is 0.399 e. The van der Waals surface area contributed by atoms with Crippen LogP contribution in [0.2, 0.25) is 0 Å². The van der Waals surface area contributed by atoms with Crippen molar-refractivity contribution in [3.63, 3.8) is 0 Å². The summed E-state index contributed by atoms with van der Waals surface area (Å²) in [6.45, 7) is 0.703. The highest BCUT2D eigenvalue weighted by atomic mass is 32.1. The van der Waals surface area contributed by atoms with E-state index in [4.69, 9.17) is 5.73 Å². The molecule has 5 heteroatoms. The Bertz CT molecular complexity index is 677. The lowest BCUT2D eigenvalue weighted by molar-refractivity contribution is 1.11. The van der Waals surface area contributed by atoms with Gasteiger partial charge in [-0.3, -0.25) is 0 Å². The summed E-state index contributed by atoms with van der Waals surface area (Å²) in [5.41, 5.74) is 8.64. The Kier molecular flexibility index (Phi) is 2.82. The molecule has 0 radical (unpaired) electrons. The molecule has 0 unspecified atom stereocenters. The summed E-state index contributed by atoms with van der Waals surface area (Å²) in [6.07, 6.45) is 1.58. The second-order valence-corrected chi connectivity index (χ2v) is 4.87. The van der Waals surface area contributed by atoms with Gasteiger partial charge in [0.25, 0.3) is 0 Å². The molecule has 0 spiro atoms. The minimum absolute atomic E-state index is 0.703. The lowest BCUT2D eigenvalue weighted by atomic mass is 10.2. The minimum Gasteiger partial charge on any atom is -0.399 e. The maximum Gasteiger partial charge on any atom is 0.147 e. The fraction of sp³-hybridized carbons (Fsp3) is 0.0769. The second kappa shape index (κ2) is 4.62. The van der Waals surface area contributed by atoms with Gasteiger partial charge in [-0.2, -0.15) is 0 Å². The van der Waals surface area contributed by atoms with E-state index in [0.717, 1.165) is 27.3 Å². The van der Waals surface area contributed by atoms with E-state index in [1.807, 2.05) is 35.7 Å². The van der Waals surface area contributed by atoms with Crippen LogP contribution in [0.15, 0.2) is 42.0 Å². The molecule has 18 heavy (non-hydrogen) atoms. The van der Waals surface area contributed by atoms with Crippen LogP contribution in [0.5, 0.6) is 0 Å². The molecule has 0 saturated heterocycles. The van der Waals surface area contributed by atoms with E-state index in [9.17, 15) is 0 Å². The Hall–Kier alpha value is -2.14. The van der Waals surface area contributed by atoms with Crippen LogP contribution < -0.4 is 11.1 Å². The molecular formula is C13H12N4S. The van der Waals surface area contributed by atoms with Gasteiger partial charge < -0.3 is 11.1 Å². The second-order valence-electron chi connectivity index (χ2n) is 3.96. The normalized spacial score (nSPS) is 10.7. The SMILES string of the molecule is Nc1cccc(CNc2ncnc3ccsc23)c1.